The molecule has 0 aliphatic carbocycles. The summed E-state index contributed by atoms with van der Waals surface area (Å²) >= 11 is 0. The van der Waals surface area contributed by atoms with Gasteiger partial charge in [-0.2, -0.15) is 0 Å². The van der Waals surface area contributed by atoms with Gasteiger partial charge in [-0.15, -0.1) is 0 Å². The number of rotatable bonds is 5. The van der Waals surface area contributed by atoms with Gasteiger partial charge in [0.2, 0.25) is 5.91 Å². The Morgan fingerprint density at radius 2 is 1.96 bits per heavy atom. The molecule has 1 aliphatic heterocycles. The van der Waals surface area contributed by atoms with Crippen LogP contribution < -0.4 is 5.32 Å². The zero-order chi connectivity index (χ0) is 18.8. The van der Waals surface area contributed by atoms with Crippen molar-refractivity contribution in [2.24, 2.45) is 0 Å². The Balaban J connectivity index is 1.34. The fraction of sp³-hybridized carbons (Fsp3) is 0.238. The quantitative estimate of drug-likeness (QED) is 0.730. The van der Waals surface area contributed by atoms with Crippen molar-refractivity contribution in [2.45, 2.75) is 18.9 Å². The Morgan fingerprint density at radius 3 is 2.74 bits per heavy atom. The van der Waals surface area contributed by atoms with E-state index in [0.29, 0.717) is 31.6 Å². The van der Waals surface area contributed by atoms with Crippen LogP contribution in [-0.2, 0) is 11.2 Å². The maximum atomic E-state index is 13.0. The molecule has 2 aromatic carbocycles. The lowest BCUT2D eigenvalue weighted by Gasteiger charge is -2.17. The number of halogens is 1. The van der Waals surface area contributed by atoms with Crippen LogP contribution in [0, 0.1) is 5.82 Å². The highest BCUT2D eigenvalue weighted by atomic mass is 19.1. The molecule has 1 saturated heterocycles. The molecule has 2 N–H and O–H groups in total. The Labute approximate surface area is 156 Å². The molecule has 5 nitrogen and oxygen atoms in total. The highest BCUT2D eigenvalue weighted by Gasteiger charge is 2.30. The molecule has 2 amide bonds. The number of benzene rings is 2. The largest absolute Gasteiger partial charge is 0.351 e. The van der Waals surface area contributed by atoms with Crippen molar-refractivity contribution in [1.82, 2.24) is 15.2 Å². The molecule has 1 unspecified atom stereocenters. The van der Waals surface area contributed by atoms with Crippen LogP contribution in [0.1, 0.15) is 22.5 Å². The Morgan fingerprint density at radius 1 is 1.19 bits per heavy atom. The summed E-state index contributed by atoms with van der Waals surface area (Å²) in [6.45, 7) is 1.05. The average Bonchev–Trinajstić information content (AvgIpc) is 3.24. The highest BCUT2D eigenvalue weighted by Crippen LogP contribution is 2.16. The number of aromatic amines is 1. The Bertz CT molecular complexity index is 948. The number of nitrogens with one attached hydrogen (secondary N) is 2. The van der Waals surface area contributed by atoms with Gasteiger partial charge in [-0.3, -0.25) is 9.59 Å². The van der Waals surface area contributed by atoms with Gasteiger partial charge in [0.25, 0.3) is 5.91 Å². The lowest BCUT2D eigenvalue weighted by Crippen LogP contribution is -2.37. The van der Waals surface area contributed by atoms with E-state index in [2.05, 4.69) is 10.3 Å². The van der Waals surface area contributed by atoms with E-state index >= 15 is 0 Å². The summed E-state index contributed by atoms with van der Waals surface area (Å²) in [6.07, 6.45) is 0.962. The van der Waals surface area contributed by atoms with Crippen LogP contribution >= 0.6 is 0 Å². The predicted molar refractivity (Wildman–Crippen MR) is 101 cm³/mol. The molecule has 0 saturated carbocycles. The highest BCUT2D eigenvalue weighted by molar-refractivity contribution is 5.98. The number of hydrogen-bond acceptors (Lipinski definition) is 2. The molecular weight excluding hydrogens is 345 g/mol. The van der Waals surface area contributed by atoms with E-state index < -0.39 is 0 Å². The standard InChI is InChI=1S/C21H20FN3O2/c22-16-7-5-14(6-8-16)9-10-25-13-17(12-20(25)26)23-21(27)19-11-15-3-1-2-4-18(15)24-19/h1-8,11,17,24H,9-10,12-13H2,(H,23,27). The van der Waals surface area contributed by atoms with Crippen LogP contribution in [0.25, 0.3) is 10.9 Å². The maximum absolute atomic E-state index is 13.0. The van der Waals surface area contributed by atoms with Gasteiger partial charge in [-0.1, -0.05) is 30.3 Å². The first-order valence-corrected chi connectivity index (χ1v) is 8.99. The Hall–Kier alpha value is -3.15. The Kier molecular flexibility index (Phi) is 4.62. The molecule has 6 heteroatoms. The number of fused-ring (bicyclic) bond motifs is 1. The van der Waals surface area contributed by atoms with Crippen LogP contribution in [0.15, 0.2) is 54.6 Å². The van der Waals surface area contributed by atoms with Gasteiger partial charge in [0, 0.05) is 30.4 Å². The van der Waals surface area contributed by atoms with E-state index in [4.69, 9.17) is 0 Å². The first kappa shape index (κ1) is 17.3. The molecule has 0 radical (unpaired) electrons. The molecule has 4 rings (SSSR count). The number of aromatic nitrogens is 1. The van der Waals surface area contributed by atoms with E-state index in [0.717, 1.165) is 16.5 Å². The summed E-state index contributed by atoms with van der Waals surface area (Å²) < 4.78 is 13.0. The fourth-order valence-electron chi connectivity index (χ4n) is 3.46. The lowest BCUT2D eigenvalue weighted by atomic mass is 10.1. The second-order valence-corrected chi connectivity index (χ2v) is 6.86. The molecule has 1 aliphatic rings. The minimum Gasteiger partial charge on any atom is -0.351 e. The summed E-state index contributed by atoms with van der Waals surface area (Å²) in [6, 6.07) is 15.6. The second-order valence-electron chi connectivity index (χ2n) is 6.86. The van der Waals surface area contributed by atoms with Gasteiger partial charge in [0.15, 0.2) is 0 Å². The zero-order valence-electron chi connectivity index (χ0n) is 14.7. The van der Waals surface area contributed by atoms with Crippen LogP contribution in [0.2, 0.25) is 0 Å². The summed E-state index contributed by atoms with van der Waals surface area (Å²) in [5.74, 6) is -0.445. The van der Waals surface area contributed by atoms with Crippen LogP contribution in [0.5, 0.6) is 0 Å². The molecule has 0 bridgehead atoms. The zero-order valence-corrected chi connectivity index (χ0v) is 14.7. The monoisotopic (exact) mass is 365 g/mol. The smallest absolute Gasteiger partial charge is 0.268 e. The maximum Gasteiger partial charge on any atom is 0.268 e. The third kappa shape index (κ3) is 3.84. The molecule has 1 fully saturated rings. The first-order valence-electron chi connectivity index (χ1n) is 8.99. The van der Waals surface area contributed by atoms with E-state index in [1.54, 1.807) is 17.0 Å². The summed E-state index contributed by atoms with van der Waals surface area (Å²) in [4.78, 5) is 29.6. The third-order valence-electron chi connectivity index (χ3n) is 4.91. The van der Waals surface area contributed by atoms with E-state index in [9.17, 15) is 14.0 Å². The number of nitrogens with zero attached hydrogens (tertiary/aromatic N) is 1. The fourth-order valence-corrected chi connectivity index (χ4v) is 3.46. The van der Waals surface area contributed by atoms with Crippen molar-refractivity contribution in [2.75, 3.05) is 13.1 Å². The number of para-hydroxylation sites is 1. The van der Waals surface area contributed by atoms with Crippen molar-refractivity contribution in [3.63, 3.8) is 0 Å². The van der Waals surface area contributed by atoms with E-state index in [1.807, 2.05) is 30.3 Å². The minimum atomic E-state index is -0.268. The van der Waals surface area contributed by atoms with Gasteiger partial charge >= 0.3 is 0 Å². The van der Waals surface area contributed by atoms with Crippen molar-refractivity contribution in [1.29, 1.82) is 0 Å². The van der Waals surface area contributed by atoms with Crippen LogP contribution in [0.3, 0.4) is 0 Å². The molecule has 0 spiro atoms. The average molecular weight is 365 g/mol. The molecule has 1 aromatic heterocycles. The van der Waals surface area contributed by atoms with Gasteiger partial charge in [-0.25, -0.2) is 4.39 Å². The van der Waals surface area contributed by atoms with E-state index in [1.165, 1.54) is 12.1 Å². The molecule has 27 heavy (non-hydrogen) atoms. The third-order valence-corrected chi connectivity index (χ3v) is 4.91. The van der Waals surface area contributed by atoms with Crippen LogP contribution in [0.4, 0.5) is 4.39 Å². The molecular formula is C21H20FN3O2. The second kappa shape index (κ2) is 7.23. The summed E-state index contributed by atoms with van der Waals surface area (Å²) in [5.41, 5.74) is 2.38. The van der Waals surface area contributed by atoms with Crippen molar-refractivity contribution in [3.8, 4) is 0 Å². The topological polar surface area (TPSA) is 65.2 Å². The number of carbonyl (C=O) groups excluding carboxylic acids is 2. The molecule has 1 atom stereocenters. The number of amides is 2. The summed E-state index contributed by atoms with van der Waals surface area (Å²) in [7, 11) is 0. The van der Waals surface area contributed by atoms with Gasteiger partial charge in [-0.05, 0) is 36.2 Å². The first-order chi connectivity index (χ1) is 13.1. The molecule has 138 valence electrons. The SMILES string of the molecule is O=C(NC1CC(=O)N(CCc2ccc(F)cc2)C1)c1cc2ccccc2[nH]1. The van der Waals surface area contributed by atoms with Crippen molar-refractivity contribution >= 4 is 22.7 Å². The van der Waals surface area contributed by atoms with E-state index in [-0.39, 0.29) is 23.7 Å². The molecule has 3 aromatic rings. The summed E-state index contributed by atoms with van der Waals surface area (Å²) in [5, 5.41) is 3.92. The predicted octanol–water partition coefficient (Wildman–Crippen LogP) is 2.88. The van der Waals surface area contributed by atoms with Crippen molar-refractivity contribution in [3.05, 3.63) is 71.7 Å². The van der Waals surface area contributed by atoms with Gasteiger partial charge in [0.05, 0.1) is 6.04 Å². The number of H-pyrrole nitrogens is 1. The number of hydrogen-bond donors (Lipinski definition) is 2. The normalized spacial score (nSPS) is 16.9. The number of likely N-dealkylation sites (tertiary alicyclic amines) is 1. The lowest BCUT2D eigenvalue weighted by molar-refractivity contribution is -0.127. The molecule has 2 heterocycles. The van der Waals surface area contributed by atoms with Crippen LogP contribution in [-0.4, -0.2) is 40.8 Å². The van der Waals surface area contributed by atoms with Gasteiger partial charge < -0.3 is 15.2 Å². The van der Waals surface area contributed by atoms with Crippen molar-refractivity contribution < 1.29 is 14.0 Å². The minimum absolute atomic E-state index is 0.0269. The number of carbonyl (C=O) groups is 2. The van der Waals surface area contributed by atoms with Gasteiger partial charge in [0.1, 0.15) is 11.5 Å².